The van der Waals surface area contributed by atoms with E-state index < -0.39 is 59.1 Å². The normalized spacial score (nSPS) is 19.0. The molecule has 1 aromatic carbocycles. The zero-order chi connectivity index (χ0) is 24.8. The van der Waals surface area contributed by atoms with Crippen LogP contribution in [0.2, 0.25) is 0 Å². The van der Waals surface area contributed by atoms with Crippen molar-refractivity contribution in [2.24, 2.45) is 11.3 Å². The lowest BCUT2D eigenvalue weighted by molar-refractivity contribution is -0.284. The summed E-state index contributed by atoms with van der Waals surface area (Å²) in [7, 11) is 0. The van der Waals surface area contributed by atoms with E-state index in [0.29, 0.717) is 19.3 Å². The Labute approximate surface area is 184 Å². The van der Waals surface area contributed by atoms with Crippen LogP contribution < -0.4 is 0 Å². The molecule has 0 bridgehead atoms. The lowest BCUT2D eigenvalue weighted by Gasteiger charge is -2.39. The van der Waals surface area contributed by atoms with Crippen molar-refractivity contribution in [2.75, 3.05) is 26.2 Å². The maximum Gasteiger partial charge on any atom is 0.400 e. The largest absolute Gasteiger partial charge is 0.400 e. The van der Waals surface area contributed by atoms with Gasteiger partial charge >= 0.3 is 12.4 Å². The minimum Gasteiger partial charge on any atom is -0.342 e. The van der Waals surface area contributed by atoms with Gasteiger partial charge in [0.2, 0.25) is 5.91 Å². The van der Waals surface area contributed by atoms with Crippen molar-refractivity contribution in [3.8, 4) is 0 Å². The molecule has 4 nitrogen and oxygen atoms in total. The molecule has 0 atom stereocenters. The number of nitrogens with zero attached hydrogens (tertiary/aromatic N) is 2. The number of amides is 2. The second-order valence-corrected chi connectivity index (χ2v) is 8.75. The lowest BCUT2D eigenvalue weighted by atomic mass is 9.77. The third-order valence-corrected chi connectivity index (χ3v) is 6.57. The third-order valence-electron chi connectivity index (χ3n) is 6.57. The minimum atomic E-state index is -5.59. The molecule has 2 amide bonds. The van der Waals surface area contributed by atoms with Crippen molar-refractivity contribution in [1.29, 1.82) is 0 Å². The fourth-order valence-electron chi connectivity index (χ4n) is 4.47. The number of carbonyl (C=O) groups excluding carboxylic acids is 2. The molecule has 0 aromatic heterocycles. The standard InChI is InChI=1S/C21H22F8N2O2/c1-12-2-3-13(22)16(17(12)23)18(33)30-7-4-19(5-8-30)6-9-31(11-19)15(32)10-14(20(24,25)26)21(27,28)29/h2-3,14H,4-11H2,1H3. The number of likely N-dealkylation sites (tertiary alicyclic amines) is 2. The van der Waals surface area contributed by atoms with Gasteiger partial charge in [-0.15, -0.1) is 0 Å². The molecule has 3 rings (SSSR count). The Morgan fingerprint density at radius 2 is 1.45 bits per heavy atom. The number of hydrogen-bond acceptors (Lipinski definition) is 2. The number of hydrogen-bond donors (Lipinski definition) is 0. The Bertz CT molecular complexity index is 906. The second-order valence-electron chi connectivity index (χ2n) is 8.75. The zero-order valence-electron chi connectivity index (χ0n) is 17.6. The van der Waals surface area contributed by atoms with Gasteiger partial charge < -0.3 is 9.80 Å². The van der Waals surface area contributed by atoms with Gasteiger partial charge in [-0.3, -0.25) is 9.59 Å². The van der Waals surface area contributed by atoms with Crippen molar-refractivity contribution < 1.29 is 44.7 Å². The maximum absolute atomic E-state index is 14.3. The fourth-order valence-corrected chi connectivity index (χ4v) is 4.47. The monoisotopic (exact) mass is 486 g/mol. The van der Waals surface area contributed by atoms with Gasteiger partial charge in [-0.05, 0) is 43.2 Å². The summed E-state index contributed by atoms with van der Waals surface area (Å²) in [6.07, 6.45) is -11.9. The van der Waals surface area contributed by atoms with Gasteiger partial charge in [-0.25, -0.2) is 8.78 Å². The molecule has 2 saturated heterocycles. The van der Waals surface area contributed by atoms with Crippen LogP contribution in [0, 0.1) is 29.9 Å². The first-order chi connectivity index (χ1) is 15.1. The van der Waals surface area contributed by atoms with Crippen molar-refractivity contribution in [2.45, 2.75) is 45.0 Å². The van der Waals surface area contributed by atoms with Crippen LogP contribution >= 0.6 is 0 Å². The molecule has 2 heterocycles. The van der Waals surface area contributed by atoms with E-state index in [9.17, 15) is 44.7 Å². The van der Waals surface area contributed by atoms with E-state index in [0.717, 1.165) is 11.0 Å². The number of halogens is 8. The predicted molar refractivity (Wildman–Crippen MR) is 100 cm³/mol. The van der Waals surface area contributed by atoms with Crippen LogP contribution in [0.15, 0.2) is 12.1 Å². The number of carbonyl (C=O) groups is 2. The molecule has 12 heteroatoms. The van der Waals surface area contributed by atoms with Gasteiger partial charge in [0.25, 0.3) is 5.91 Å². The highest BCUT2D eigenvalue weighted by molar-refractivity contribution is 5.95. The van der Waals surface area contributed by atoms with Gasteiger partial charge in [-0.2, -0.15) is 26.3 Å². The summed E-state index contributed by atoms with van der Waals surface area (Å²) in [5, 5.41) is 0. The number of alkyl halides is 6. The Kier molecular flexibility index (Phi) is 6.69. The van der Waals surface area contributed by atoms with E-state index in [-0.39, 0.29) is 31.7 Å². The van der Waals surface area contributed by atoms with E-state index in [2.05, 4.69) is 0 Å². The SMILES string of the molecule is Cc1ccc(F)c(C(=O)N2CCC3(CCN(C(=O)CC(C(F)(F)F)C(F)(F)F)C3)CC2)c1F. The molecular weight excluding hydrogens is 464 g/mol. The molecule has 2 aliphatic heterocycles. The highest BCUT2D eigenvalue weighted by Crippen LogP contribution is 2.44. The van der Waals surface area contributed by atoms with Gasteiger partial charge in [0.1, 0.15) is 17.2 Å². The topological polar surface area (TPSA) is 40.6 Å². The van der Waals surface area contributed by atoms with Crippen LogP contribution in [-0.4, -0.2) is 60.1 Å². The molecule has 2 aliphatic rings. The van der Waals surface area contributed by atoms with E-state index >= 15 is 0 Å². The first-order valence-electron chi connectivity index (χ1n) is 10.3. The zero-order valence-corrected chi connectivity index (χ0v) is 17.6. The molecule has 0 aliphatic carbocycles. The fraction of sp³-hybridized carbons (Fsp3) is 0.619. The van der Waals surface area contributed by atoms with Crippen molar-refractivity contribution >= 4 is 11.8 Å². The molecule has 33 heavy (non-hydrogen) atoms. The van der Waals surface area contributed by atoms with E-state index in [1.807, 2.05) is 0 Å². The Hall–Kier alpha value is -2.40. The van der Waals surface area contributed by atoms with E-state index in [4.69, 9.17) is 0 Å². The quantitative estimate of drug-likeness (QED) is 0.573. The average molecular weight is 486 g/mol. The molecule has 184 valence electrons. The summed E-state index contributed by atoms with van der Waals surface area (Å²) >= 11 is 0. The molecule has 1 spiro atoms. The van der Waals surface area contributed by atoms with Gasteiger partial charge in [0.05, 0.1) is 0 Å². The number of benzene rings is 1. The van der Waals surface area contributed by atoms with Crippen LogP contribution in [0.25, 0.3) is 0 Å². The summed E-state index contributed by atoms with van der Waals surface area (Å²) in [6, 6.07) is 2.20. The van der Waals surface area contributed by atoms with Crippen molar-refractivity contribution in [1.82, 2.24) is 9.80 Å². The highest BCUT2D eigenvalue weighted by atomic mass is 19.4. The summed E-state index contributed by atoms with van der Waals surface area (Å²) in [4.78, 5) is 27.1. The number of aryl methyl sites for hydroxylation is 1. The summed E-state index contributed by atoms with van der Waals surface area (Å²) < 4.78 is 105. The second kappa shape index (κ2) is 8.75. The van der Waals surface area contributed by atoms with Crippen LogP contribution in [0.4, 0.5) is 35.1 Å². The molecule has 1 aromatic rings. The summed E-state index contributed by atoms with van der Waals surface area (Å²) in [5.41, 5.74) is -1.13. The average Bonchev–Trinajstić information content (AvgIpc) is 3.11. The summed E-state index contributed by atoms with van der Waals surface area (Å²) in [5.74, 6) is -7.74. The van der Waals surface area contributed by atoms with E-state index in [1.165, 1.54) is 17.9 Å². The number of rotatable bonds is 3. The number of piperidine rings is 1. The van der Waals surface area contributed by atoms with Crippen LogP contribution in [0.1, 0.15) is 41.6 Å². The Morgan fingerprint density at radius 3 is 1.97 bits per heavy atom. The van der Waals surface area contributed by atoms with Crippen LogP contribution in [0.3, 0.4) is 0 Å². The predicted octanol–water partition coefficient (Wildman–Crippen LogP) is 4.86. The van der Waals surface area contributed by atoms with Crippen molar-refractivity contribution in [3.63, 3.8) is 0 Å². The molecule has 0 N–H and O–H groups in total. The van der Waals surface area contributed by atoms with E-state index in [1.54, 1.807) is 0 Å². The molecule has 0 saturated carbocycles. The van der Waals surface area contributed by atoms with Gasteiger partial charge in [-0.1, -0.05) is 6.07 Å². The van der Waals surface area contributed by atoms with Crippen LogP contribution in [0.5, 0.6) is 0 Å². The Balaban J connectivity index is 1.63. The lowest BCUT2D eigenvalue weighted by Crippen LogP contribution is -2.46. The van der Waals surface area contributed by atoms with Gasteiger partial charge in [0, 0.05) is 32.6 Å². The maximum atomic E-state index is 14.3. The first-order valence-corrected chi connectivity index (χ1v) is 10.3. The highest BCUT2D eigenvalue weighted by Gasteiger charge is 2.58. The van der Waals surface area contributed by atoms with Crippen LogP contribution in [-0.2, 0) is 4.79 Å². The van der Waals surface area contributed by atoms with Crippen molar-refractivity contribution in [3.05, 3.63) is 34.9 Å². The first kappa shape index (κ1) is 25.2. The van der Waals surface area contributed by atoms with Gasteiger partial charge in [0.15, 0.2) is 5.92 Å². The molecule has 0 radical (unpaired) electrons. The molecule has 2 fully saturated rings. The molecular formula is C21H22F8N2O2. The minimum absolute atomic E-state index is 0.0103. The summed E-state index contributed by atoms with van der Waals surface area (Å²) in [6.45, 7) is 1.58. The third kappa shape index (κ3) is 5.24. The molecule has 0 unspecified atom stereocenters. The smallest absolute Gasteiger partial charge is 0.342 e. The Morgan fingerprint density at radius 1 is 0.939 bits per heavy atom.